The number of fused-ring (bicyclic) bond motifs is 1. The van der Waals surface area contributed by atoms with Crippen molar-refractivity contribution < 1.29 is 17.6 Å². The molecule has 0 radical (unpaired) electrons. The first kappa shape index (κ1) is 16.2. The molecule has 4 heterocycles. The zero-order valence-electron chi connectivity index (χ0n) is 13.3. The van der Waals surface area contributed by atoms with Crippen LogP contribution in [0.5, 0.6) is 0 Å². The molecule has 0 bridgehead atoms. The summed E-state index contributed by atoms with van der Waals surface area (Å²) in [6.45, 7) is 0. The number of aromatic nitrogens is 5. The van der Waals surface area contributed by atoms with Gasteiger partial charge in [0.15, 0.2) is 11.5 Å². The number of hydrogen-bond acceptors (Lipinski definition) is 3. The fraction of sp³-hybridized carbons (Fsp3) is 0.118. The SMILES string of the molecule is Cn1nc(C(F)(F)F)cc1-c1ccc2[nH]c(-c3ccncc3F)cc2n1. The Morgan fingerprint density at radius 3 is 2.62 bits per heavy atom. The van der Waals surface area contributed by atoms with Crippen LogP contribution < -0.4 is 0 Å². The molecule has 5 nitrogen and oxygen atoms in total. The van der Waals surface area contributed by atoms with Gasteiger partial charge in [-0.15, -0.1) is 0 Å². The molecule has 132 valence electrons. The number of aromatic amines is 1. The van der Waals surface area contributed by atoms with Crippen LogP contribution in [0.1, 0.15) is 5.69 Å². The van der Waals surface area contributed by atoms with E-state index < -0.39 is 17.7 Å². The first-order chi connectivity index (χ1) is 12.3. The minimum Gasteiger partial charge on any atom is -0.353 e. The average molecular weight is 361 g/mol. The molecule has 4 aromatic rings. The van der Waals surface area contributed by atoms with E-state index in [9.17, 15) is 17.6 Å². The summed E-state index contributed by atoms with van der Waals surface area (Å²) in [5.74, 6) is -0.485. The molecule has 0 aliphatic carbocycles. The van der Waals surface area contributed by atoms with Gasteiger partial charge in [0.2, 0.25) is 0 Å². The van der Waals surface area contributed by atoms with E-state index >= 15 is 0 Å². The maximum Gasteiger partial charge on any atom is 0.435 e. The molecule has 0 aromatic carbocycles. The highest BCUT2D eigenvalue weighted by molar-refractivity contribution is 5.84. The van der Waals surface area contributed by atoms with Gasteiger partial charge in [0.25, 0.3) is 0 Å². The lowest BCUT2D eigenvalue weighted by Crippen LogP contribution is -2.06. The van der Waals surface area contributed by atoms with Crippen molar-refractivity contribution >= 4 is 11.0 Å². The van der Waals surface area contributed by atoms with Gasteiger partial charge in [-0.1, -0.05) is 0 Å². The van der Waals surface area contributed by atoms with Crippen molar-refractivity contribution in [2.24, 2.45) is 7.05 Å². The number of pyridine rings is 2. The second kappa shape index (κ2) is 5.65. The van der Waals surface area contributed by atoms with Gasteiger partial charge >= 0.3 is 6.18 Å². The maximum atomic E-state index is 13.9. The molecule has 0 spiro atoms. The molecule has 9 heteroatoms. The van der Waals surface area contributed by atoms with Gasteiger partial charge < -0.3 is 4.98 Å². The lowest BCUT2D eigenvalue weighted by molar-refractivity contribution is -0.141. The quantitative estimate of drug-likeness (QED) is 0.545. The number of rotatable bonds is 2. The number of halogens is 4. The van der Waals surface area contributed by atoms with E-state index in [4.69, 9.17) is 0 Å². The highest BCUT2D eigenvalue weighted by atomic mass is 19.4. The van der Waals surface area contributed by atoms with Crippen LogP contribution in [0.3, 0.4) is 0 Å². The van der Waals surface area contributed by atoms with Crippen LogP contribution in [0.4, 0.5) is 17.6 Å². The fourth-order valence-electron chi connectivity index (χ4n) is 2.74. The molecular formula is C17H11F4N5. The van der Waals surface area contributed by atoms with Crippen molar-refractivity contribution in [2.45, 2.75) is 6.18 Å². The lowest BCUT2D eigenvalue weighted by atomic mass is 10.2. The minimum atomic E-state index is -4.53. The van der Waals surface area contributed by atoms with E-state index in [-0.39, 0.29) is 5.69 Å². The first-order valence-electron chi connectivity index (χ1n) is 7.54. The monoisotopic (exact) mass is 361 g/mol. The van der Waals surface area contributed by atoms with Crippen LogP contribution in [0.2, 0.25) is 0 Å². The Morgan fingerprint density at radius 1 is 1.12 bits per heavy atom. The number of nitrogens with one attached hydrogen (secondary N) is 1. The molecule has 0 amide bonds. The van der Waals surface area contributed by atoms with E-state index in [0.717, 1.165) is 16.9 Å². The third-order valence-electron chi connectivity index (χ3n) is 3.97. The first-order valence-corrected chi connectivity index (χ1v) is 7.54. The topological polar surface area (TPSA) is 59.4 Å². The largest absolute Gasteiger partial charge is 0.435 e. The van der Waals surface area contributed by atoms with E-state index in [1.807, 2.05) is 0 Å². The Kier molecular flexibility index (Phi) is 3.53. The summed E-state index contributed by atoms with van der Waals surface area (Å²) in [5, 5.41) is 3.49. The lowest BCUT2D eigenvalue weighted by Gasteiger charge is -2.00. The van der Waals surface area contributed by atoms with Gasteiger partial charge in [0.05, 0.1) is 34.3 Å². The van der Waals surface area contributed by atoms with Crippen LogP contribution in [0.15, 0.2) is 42.7 Å². The van der Waals surface area contributed by atoms with Gasteiger partial charge in [0, 0.05) is 18.8 Å². The Bertz CT molecular complexity index is 1110. The summed E-state index contributed by atoms with van der Waals surface area (Å²) in [6.07, 6.45) is -1.95. The predicted octanol–water partition coefficient (Wildman–Crippen LogP) is 4.18. The number of H-pyrrole nitrogens is 1. The standard InChI is InChI=1S/C17H11F4N5/c1-26-15(7-16(25-26)17(19,20)21)12-3-2-11-14(24-12)6-13(23-11)9-4-5-22-8-10(9)18/h2-8,23H,1H3. The van der Waals surface area contributed by atoms with E-state index in [1.54, 1.807) is 18.2 Å². The van der Waals surface area contributed by atoms with Crippen molar-refractivity contribution in [3.63, 3.8) is 0 Å². The third kappa shape index (κ3) is 2.71. The summed E-state index contributed by atoms with van der Waals surface area (Å²) < 4.78 is 53.5. The molecule has 0 unspecified atom stereocenters. The molecule has 4 aromatic heterocycles. The van der Waals surface area contributed by atoms with Gasteiger partial charge in [0.1, 0.15) is 0 Å². The Morgan fingerprint density at radius 2 is 1.92 bits per heavy atom. The summed E-state index contributed by atoms with van der Waals surface area (Å²) >= 11 is 0. The van der Waals surface area contributed by atoms with E-state index in [0.29, 0.717) is 28.0 Å². The molecule has 0 aliphatic heterocycles. The second-order valence-corrected chi connectivity index (χ2v) is 5.70. The molecule has 0 saturated carbocycles. The smallest absolute Gasteiger partial charge is 0.353 e. The van der Waals surface area contributed by atoms with E-state index in [2.05, 4.69) is 20.1 Å². The molecule has 0 saturated heterocycles. The van der Waals surface area contributed by atoms with Gasteiger partial charge in [-0.3, -0.25) is 9.67 Å². The molecule has 26 heavy (non-hydrogen) atoms. The third-order valence-corrected chi connectivity index (χ3v) is 3.97. The second-order valence-electron chi connectivity index (χ2n) is 5.70. The van der Waals surface area contributed by atoms with Gasteiger partial charge in [-0.05, 0) is 30.3 Å². The average Bonchev–Trinajstić information content (AvgIpc) is 3.17. The highest BCUT2D eigenvalue weighted by Crippen LogP contribution is 2.32. The number of hydrogen-bond donors (Lipinski definition) is 1. The zero-order chi connectivity index (χ0) is 18.5. The highest BCUT2D eigenvalue weighted by Gasteiger charge is 2.34. The van der Waals surface area contributed by atoms with Crippen molar-refractivity contribution in [1.29, 1.82) is 0 Å². The molecule has 4 rings (SSSR count). The van der Waals surface area contributed by atoms with Crippen molar-refractivity contribution in [3.05, 3.63) is 54.2 Å². The van der Waals surface area contributed by atoms with Crippen molar-refractivity contribution in [1.82, 2.24) is 24.7 Å². The molecular weight excluding hydrogens is 350 g/mol. The summed E-state index contributed by atoms with van der Waals surface area (Å²) in [6, 6.07) is 7.38. The number of alkyl halides is 3. The van der Waals surface area contributed by atoms with Gasteiger partial charge in [-0.25, -0.2) is 9.37 Å². The summed E-state index contributed by atoms with van der Waals surface area (Å²) in [5.41, 5.74) is 1.57. The van der Waals surface area contributed by atoms with Crippen LogP contribution in [-0.4, -0.2) is 24.7 Å². The van der Waals surface area contributed by atoms with Crippen LogP contribution in [0, 0.1) is 5.82 Å². The summed E-state index contributed by atoms with van der Waals surface area (Å²) in [4.78, 5) is 11.1. The fourth-order valence-corrected chi connectivity index (χ4v) is 2.74. The van der Waals surface area contributed by atoms with E-state index in [1.165, 1.54) is 19.3 Å². The Balaban J connectivity index is 1.80. The molecule has 0 atom stereocenters. The summed E-state index contributed by atoms with van der Waals surface area (Å²) in [7, 11) is 1.42. The van der Waals surface area contributed by atoms with Crippen LogP contribution >= 0.6 is 0 Å². The van der Waals surface area contributed by atoms with Crippen molar-refractivity contribution in [2.75, 3.05) is 0 Å². The van der Waals surface area contributed by atoms with Crippen molar-refractivity contribution in [3.8, 4) is 22.6 Å². The maximum absolute atomic E-state index is 13.9. The van der Waals surface area contributed by atoms with Crippen LogP contribution in [-0.2, 0) is 13.2 Å². The van der Waals surface area contributed by atoms with Crippen LogP contribution in [0.25, 0.3) is 33.7 Å². The minimum absolute atomic E-state index is 0.233. The number of nitrogens with zero attached hydrogens (tertiary/aromatic N) is 4. The normalized spacial score (nSPS) is 12.0. The molecule has 1 N–H and O–H groups in total. The zero-order valence-corrected chi connectivity index (χ0v) is 13.3. The predicted molar refractivity (Wildman–Crippen MR) is 86.5 cm³/mol. The number of aryl methyl sites for hydroxylation is 1. The Hall–Kier alpha value is -3.23. The van der Waals surface area contributed by atoms with Gasteiger partial charge in [-0.2, -0.15) is 18.3 Å². The molecule has 0 aliphatic rings. The molecule has 0 fully saturated rings. The Labute approximate surface area is 144 Å².